The van der Waals surface area contributed by atoms with Crippen LogP contribution in [0.4, 0.5) is 5.13 Å². The highest BCUT2D eigenvalue weighted by Gasteiger charge is 2.12. The fourth-order valence-corrected chi connectivity index (χ4v) is 2.27. The number of anilines is 1. The molecular formula is C11H17N5OS. The van der Waals surface area contributed by atoms with Crippen LogP contribution in [-0.4, -0.2) is 32.3 Å². The predicted octanol–water partition coefficient (Wildman–Crippen LogP) is 1.94. The minimum Gasteiger partial charge on any atom is -0.374 e. The number of rotatable bonds is 6. The van der Waals surface area contributed by atoms with Crippen molar-refractivity contribution in [1.29, 1.82) is 0 Å². The Morgan fingerprint density at radius 3 is 3.00 bits per heavy atom. The molecule has 2 atom stereocenters. The molecule has 0 aliphatic rings. The topological polar surface area (TPSA) is 64.9 Å². The molecule has 98 valence electrons. The first-order valence-electron chi connectivity index (χ1n) is 5.79. The maximum Gasteiger partial charge on any atom is 0.202 e. The highest BCUT2D eigenvalue weighted by atomic mass is 32.1. The minimum absolute atomic E-state index is 0.0711. The van der Waals surface area contributed by atoms with Crippen molar-refractivity contribution in [3.05, 3.63) is 24.3 Å². The van der Waals surface area contributed by atoms with Crippen LogP contribution in [0.1, 0.15) is 25.8 Å². The van der Waals surface area contributed by atoms with Crippen molar-refractivity contribution < 1.29 is 4.74 Å². The molecule has 2 heterocycles. The molecular weight excluding hydrogens is 250 g/mol. The Kier molecular flexibility index (Phi) is 4.27. The van der Waals surface area contributed by atoms with Crippen molar-refractivity contribution >= 4 is 16.7 Å². The van der Waals surface area contributed by atoms with Crippen molar-refractivity contribution in [2.75, 3.05) is 12.4 Å². The lowest BCUT2D eigenvalue weighted by Gasteiger charge is -2.12. The molecule has 0 aliphatic heterocycles. The minimum atomic E-state index is -0.0711. The largest absolute Gasteiger partial charge is 0.374 e. The number of nitrogens with one attached hydrogen (secondary N) is 1. The summed E-state index contributed by atoms with van der Waals surface area (Å²) >= 11 is 1.35. The van der Waals surface area contributed by atoms with Gasteiger partial charge in [0.2, 0.25) is 5.13 Å². The molecule has 0 fully saturated rings. The van der Waals surface area contributed by atoms with Gasteiger partial charge in [0.25, 0.3) is 0 Å². The van der Waals surface area contributed by atoms with Gasteiger partial charge in [0.1, 0.15) is 6.10 Å². The number of hydrogen-bond acceptors (Lipinski definition) is 6. The Balaban J connectivity index is 1.90. The van der Waals surface area contributed by atoms with Crippen LogP contribution < -0.4 is 5.32 Å². The Morgan fingerprint density at radius 2 is 2.33 bits per heavy atom. The van der Waals surface area contributed by atoms with Crippen LogP contribution in [0, 0.1) is 0 Å². The van der Waals surface area contributed by atoms with Crippen molar-refractivity contribution in [1.82, 2.24) is 19.1 Å². The van der Waals surface area contributed by atoms with Gasteiger partial charge >= 0.3 is 0 Å². The monoisotopic (exact) mass is 267 g/mol. The zero-order valence-electron chi connectivity index (χ0n) is 10.7. The van der Waals surface area contributed by atoms with Gasteiger partial charge in [-0.25, -0.2) is 4.98 Å². The Morgan fingerprint density at radius 1 is 1.50 bits per heavy atom. The third kappa shape index (κ3) is 3.27. The summed E-state index contributed by atoms with van der Waals surface area (Å²) in [5, 5.41) is 8.29. The van der Waals surface area contributed by atoms with Gasteiger partial charge < -0.3 is 10.1 Å². The molecule has 7 heteroatoms. The summed E-state index contributed by atoms with van der Waals surface area (Å²) in [6.45, 7) is 4.81. The summed E-state index contributed by atoms with van der Waals surface area (Å²) in [6, 6.07) is 2.15. The van der Waals surface area contributed by atoms with Crippen LogP contribution in [0.2, 0.25) is 0 Å². The number of methoxy groups -OCH3 is 1. The standard InChI is InChI=1S/C11H17N5OS/c1-8(7-16-6-4-5-12-16)13-11-14-10(15-18-11)9(2)17-3/h4-6,8-9H,7H2,1-3H3,(H,13,14,15). The first-order chi connectivity index (χ1) is 8.69. The highest BCUT2D eigenvalue weighted by Crippen LogP contribution is 2.18. The lowest BCUT2D eigenvalue weighted by Crippen LogP contribution is -2.22. The first-order valence-corrected chi connectivity index (χ1v) is 6.56. The molecule has 0 radical (unpaired) electrons. The predicted molar refractivity (Wildman–Crippen MR) is 70.6 cm³/mol. The van der Waals surface area contributed by atoms with Gasteiger partial charge in [-0.05, 0) is 19.9 Å². The molecule has 18 heavy (non-hydrogen) atoms. The maximum absolute atomic E-state index is 5.18. The quantitative estimate of drug-likeness (QED) is 0.866. The number of nitrogens with zero attached hydrogens (tertiary/aromatic N) is 4. The van der Waals surface area contributed by atoms with Crippen molar-refractivity contribution in [3.8, 4) is 0 Å². The lowest BCUT2D eigenvalue weighted by atomic mass is 10.3. The van der Waals surface area contributed by atoms with E-state index in [9.17, 15) is 0 Å². The van der Waals surface area contributed by atoms with Crippen molar-refractivity contribution in [2.24, 2.45) is 0 Å². The second kappa shape index (κ2) is 5.92. The number of aromatic nitrogens is 4. The van der Waals surface area contributed by atoms with Gasteiger partial charge in [-0.1, -0.05) is 0 Å². The van der Waals surface area contributed by atoms with E-state index in [0.29, 0.717) is 0 Å². The normalized spacial score (nSPS) is 14.4. The summed E-state index contributed by atoms with van der Waals surface area (Å²) in [7, 11) is 1.65. The first kappa shape index (κ1) is 13.0. The summed E-state index contributed by atoms with van der Waals surface area (Å²) in [5.41, 5.74) is 0. The van der Waals surface area contributed by atoms with Crippen molar-refractivity contribution in [2.45, 2.75) is 32.5 Å². The van der Waals surface area contributed by atoms with Crippen molar-refractivity contribution in [3.63, 3.8) is 0 Å². The van der Waals surface area contributed by atoms with Crippen LogP contribution in [0.3, 0.4) is 0 Å². The second-order valence-electron chi connectivity index (χ2n) is 4.11. The van der Waals surface area contributed by atoms with Gasteiger partial charge in [-0.3, -0.25) is 4.68 Å². The van der Waals surface area contributed by atoms with E-state index >= 15 is 0 Å². The van der Waals surface area contributed by atoms with Gasteiger partial charge in [0.15, 0.2) is 5.82 Å². The van der Waals surface area contributed by atoms with Gasteiger partial charge in [-0.15, -0.1) is 0 Å². The zero-order valence-corrected chi connectivity index (χ0v) is 11.5. The Labute approximate surface area is 110 Å². The molecule has 2 aromatic rings. The van der Waals surface area contributed by atoms with Gasteiger partial charge in [0, 0.05) is 37.1 Å². The van der Waals surface area contributed by atoms with E-state index in [0.717, 1.165) is 17.5 Å². The maximum atomic E-state index is 5.18. The van der Waals surface area contributed by atoms with Gasteiger partial charge in [-0.2, -0.15) is 9.47 Å². The molecule has 0 amide bonds. The highest BCUT2D eigenvalue weighted by molar-refractivity contribution is 7.09. The third-order valence-corrected chi connectivity index (χ3v) is 3.21. The van der Waals surface area contributed by atoms with Gasteiger partial charge in [0.05, 0.1) is 6.54 Å². The van der Waals surface area contributed by atoms with E-state index in [2.05, 4.69) is 26.7 Å². The fraction of sp³-hybridized carbons (Fsp3) is 0.545. The summed E-state index contributed by atoms with van der Waals surface area (Å²) in [4.78, 5) is 4.39. The number of ether oxygens (including phenoxy) is 1. The molecule has 0 bridgehead atoms. The Bertz CT molecular complexity index is 469. The van der Waals surface area contributed by atoms with Crippen LogP contribution in [0.5, 0.6) is 0 Å². The van der Waals surface area contributed by atoms with Crippen LogP contribution in [-0.2, 0) is 11.3 Å². The summed E-state index contributed by atoms with van der Waals surface area (Å²) in [5.74, 6) is 0.719. The fourth-order valence-electron chi connectivity index (χ4n) is 1.51. The molecule has 1 N–H and O–H groups in total. The summed E-state index contributed by atoms with van der Waals surface area (Å²) < 4.78 is 11.3. The third-order valence-electron chi connectivity index (χ3n) is 2.55. The molecule has 2 aromatic heterocycles. The van der Waals surface area contributed by atoms with E-state index in [4.69, 9.17) is 4.74 Å². The molecule has 0 spiro atoms. The Hall–Kier alpha value is -1.47. The molecule has 6 nitrogen and oxygen atoms in total. The molecule has 0 aliphatic carbocycles. The van der Waals surface area contributed by atoms with Crippen LogP contribution >= 0.6 is 11.5 Å². The average molecular weight is 267 g/mol. The summed E-state index contributed by atoms with van der Waals surface area (Å²) in [6.07, 6.45) is 3.64. The molecule has 0 aromatic carbocycles. The average Bonchev–Trinajstić information content (AvgIpc) is 2.99. The molecule has 0 saturated carbocycles. The van der Waals surface area contributed by atoms with E-state index in [1.165, 1.54) is 11.5 Å². The van der Waals surface area contributed by atoms with E-state index < -0.39 is 0 Å². The van der Waals surface area contributed by atoms with E-state index in [-0.39, 0.29) is 12.1 Å². The van der Waals surface area contributed by atoms with Crippen LogP contribution in [0.15, 0.2) is 18.5 Å². The molecule has 2 rings (SSSR count). The smallest absolute Gasteiger partial charge is 0.202 e. The molecule has 2 unspecified atom stereocenters. The SMILES string of the molecule is COC(C)c1nsc(NC(C)Cn2cccn2)n1. The number of hydrogen-bond donors (Lipinski definition) is 1. The van der Waals surface area contributed by atoms with E-state index in [1.807, 2.05) is 23.9 Å². The lowest BCUT2D eigenvalue weighted by molar-refractivity contribution is 0.113. The van der Waals surface area contributed by atoms with Crippen LogP contribution in [0.25, 0.3) is 0 Å². The molecule has 0 saturated heterocycles. The van der Waals surface area contributed by atoms with E-state index in [1.54, 1.807) is 13.3 Å². The zero-order chi connectivity index (χ0) is 13.0. The second-order valence-corrected chi connectivity index (χ2v) is 4.86.